The van der Waals surface area contributed by atoms with Crippen LogP contribution in [0.15, 0.2) is 41.3 Å². The van der Waals surface area contributed by atoms with Crippen molar-refractivity contribution in [1.29, 1.82) is 0 Å². The van der Waals surface area contributed by atoms with Crippen LogP contribution in [0.1, 0.15) is 38.9 Å². The van der Waals surface area contributed by atoms with Crippen LogP contribution < -0.4 is 20.7 Å². The van der Waals surface area contributed by atoms with Gasteiger partial charge in [0.1, 0.15) is 11.5 Å². The second kappa shape index (κ2) is 10.8. The molecule has 0 aliphatic carbocycles. The molecule has 0 aromatic heterocycles. The third kappa shape index (κ3) is 6.24. The van der Waals surface area contributed by atoms with E-state index in [-0.39, 0.29) is 4.90 Å². The van der Waals surface area contributed by atoms with Crippen molar-refractivity contribution in [1.82, 2.24) is 0 Å². The van der Waals surface area contributed by atoms with Gasteiger partial charge in [-0.15, -0.1) is 0 Å². The molecule has 0 radical (unpaired) electrons. The number of methoxy groups -OCH3 is 1. The molecule has 0 fully saturated rings. The largest absolute Gasteiger partial charge is 0.496 e. The first-order chi connectivity index (χ1) is 17.1. The second-order valence-electron chi connectivity index (χ2n) is 9.23. The molecule has 200 valence electrons. The molecule has 37 heavy (non-hydrogen) atoms. The smallest absolute Gasteiger partial charge is 0.296 e. The molecule has 0 aliphatic heterocycles. The SMILES string of the molecule is COc1cc(C)cc(P(c2cc(CS(=O)(=O)O)cc(C)c2C)c2cc(S(=O)(=O)OC)cc(C)c2C)c1C. The van der Waals surface area contributed by atoms with Crippen LogP contribution in [-0.2, 0) is 30.2 Å². The summed E-state index contributed by atoms with van der Waals surface area (Å²) in [5.74, 6) is 0.192. The average Bonchev–Trinajstić information content (AvgIpc) is 2.80. The summed E-state index contributed by atoms with van der Waals surface area (Å²) < 4.78 is 69.0. The Morgan fingerprint density at radius 2 is 1.27 bits per heavy atom. The van der Waals surface area contributed by atoms with Gasteiger partial charge in [-0.05, 0) is 129 Å². The van der Waals surface area contributed by atoms with Crippen molar-refractivity contribution in [3.8, 4) is 5.75 Å². The minimum atomic E-state index is -4.26. The number of aryl methyl sites for hydroxylation is 3. The van der Waals surface area contributed by atoms with Crippen molar-refractivity contribution in [3.05, 3.63) is 75.3 Å². The van der Waals surface area contributed by atoms with Gasteiger partial charge in [-0.2, -0.15) is 16.8 Å². The van der Waals surface area contributed by atoms with Crippen molar-refractivity contribution in [2.75, 3.05) is 14.2 Å². The van der Waals surface area contributed by atoms with E-state index in [1.165, 1.54) is 0 Å². The van der Waals surface area contributed by atoms with Crippen molar-refractivity contribution in [2.24, 2.45) is 0 Å². The summed E-state index contributed by atoms with van der Waals surface area (Å²) in [4.78, 5) is 0.0568. The molecule has 3 aromatic rings. The molecule has 0 saturated carbocycles. The maximum atomic E-state index is 12.7. The first kappa shape index (κ1) is 29.3. The Balaban J connectivity index is 2.51. The summed E-state index contributed by atoms with van der Waals surface area (Å²) in [5.41, 5.74) is 5.90. The fourth-order valence-corrected chi connectivity index (χ4v) is 8.96. The number of benzene rings is 3. The zero-order valence-corrected chi connectivity index (χ0v) is 24.9. The first-order valence-electron chi connectivity index (χ1n) is 11.5. The predicted octanol–water partition coefficient (Wildman–Crippen LogP) is 4.03. The van der Waals surface area contributed by atoms with E-state index in [1.807, 2.05) is 53.7 Å². The predicted molar refractivity (Wildman–Crippen MR) is 150 cm³/mol. The molecule has 0 saturated heterocycles. The van der Waals surface area contributed by atoms with E-state index in [0.717, 1.165) is 56.4 Å². The Hall–Kier alpha value is -2.29. The summed E-state index contributed by atoms with van der Waals surface area (Å²) in [7, 11) is -6.86. The standard InChI is InChI=1S/C27H33O7PS2/c1-16-9-24(33-7)21(6)25(10-16)35(26-13-22(15-36(28,29)30)11-17(2)19(26)4)27-14-23(37(31,32)34-8)12-18(3)20(27)5/h9-14H,15H2,1-8H3,(H,28,29,30). The molecule has 0 amide bonds. The quantitative estimate of drug-likeness (QED) is 0.250. The number of rotatable bonds is 8. The molecule has 7 nitrogen and oxygen atoms in total. The lowest BCUT2D eigenvalue weighted by Gasteiger charge is -2.28. The van der Waals surface area contributed by atoms with E-state index in [2.05, 4.69) is 6.07 Å². The van der Waals surface area contributed by atoms with Gasteiger partial charge >= 0.3 is 0 Å². The maximum Gasteiger partial charge on any atom is 0.296 e. The Morgan fingerprint density at radius 1 is 0.730 bits per heavy atom. The van der Waals surface area contributed by atoms with E-state index in [1.54, 1.807) is 25.3 Å². The fraction of sp³-hybridized carbons (Fsp3) is 0.333. The van der Waals surface area contributed by atoms with Gasteiger partial charge < -0.3 is 4.74 Å². The van der Waals surface area contributed by atoms with Gasteiger partial charge in [0.2, 0.25) is 0 Å². The normalized spacial score (nSPS) is 13.0. The maximum absolute atomic E-state index is 12.7. The Bertz CT molecular complexity index is 1580. The molecular weight excluding hydrogens is 531 g/mol. The highest BCUT2D eigenvalue weighted by molar-refractivity contribution is 7.87. The lowest BCUT2D eigenvalue weighted by Crippen LogP contribution is -2.28. The molecular formula is C27H33O7PS2. The van der Waals surface area contributed by atoms with Crippen molar-refractivity contribution in [2.45, 2.75) is 52.2 Å². The van der Waals surface area contributed by atoms with Crippen LogP contribution in [0.3, 0.4) is 0 Å². The highest BCUT2D eigenvalue weighted by atomic mass is 32.2. The Labute approximate surface area is 221 Å². The monoisotopic (exact) mass is 564 g/mol. The highest BCUT2D eigenvalue weighted by Crippen LogP contribution is 2.41. The van der Waals surface area contributed by atoms with E-state index < -0.39 is 33.9 Å². The molecule has 3 rings (SSSR count). The van der Waals surface area contributed by atoms with Crippen LogP contribution in [0.25, 0.3) is 0 Å². The number of hydrogen-bond donors (Lipinski definition) is 1. The zero-order chi connectivity index (χ0) is 27.9. The first-order valence-corrected chi connectivity index (χ1v) is 15.9. The molecule has 0 spiro atoms. The second-order valence-corrected chi connectivity index (χ2v) is 14.5. The summed E-state index contributed by atoms with van der Waals surface area (Å²) >= 11 is 0. The van der Waals surface area contributed by atoms with E-state index in [0.29, 0.717) is 11.3 Å². The van der Waals surface area contributed by atoms with E-state index in [4.69, 9.17) is 8.92 Å². The lowest BCUT2D eigenvalue weighted by atomic mass is 10.1. The Kier molecular flexibility index (Phi) is 8.57. The van der Waals surface area contributed by atoms with Crippen LogP contribution in [0.4, 0.5) is 0 Å². The van der Waals surface area contributed by atoms with Gasteiger partial charge in [-0.1, -0.05) is 12.1 Å². The summed E-state index contributed by atoms with van der Waals surface area (Å²) in [6, 6.07) is 10.8. The van der Waals surface area contributed by atoms with Crippen molar-refractivity contribution < 1.29 is 30.3 Å². The average molecular weight is 565 g/mol. The van der Waals surface area contributed by atoms with Gasteiger partial charge in [0, 0.05) is 0 Å². The third-order valence-electron chi connectivity index (χ3n) is 6.59. The van der Waals surface area contributed by atoms with Crippen molar-refractivity contribution >= 4 is 44.1 Å². The van der Waals surface area contributed by atoms with Crippen LogP contribution in [0.5, 0.6) is 5.75 Å². The molecule has 0 bridgehead atoms. The lowest BCUT2D eigenvalue weighted by molar-refractivity contribution is 0.397. The molecule has 3 aromatic carbocycles. The molecule has 0 heterocycles. The minimum absolute atomic E-state index is 0.0568. The Morgan fingerprint density at radius 3 is 1.81 bits per heavy atom. The minimum Gasteiger partial charge on any atom is -0.496 e. The number of hydrogen-bond acceptors (Lipinski definition) is 6. The van der Waals surface area contributed by atoms with E-state index >= 15 is 0 Å². The fourth-order valence-electron chi connectivity index (χ4n) is 4.36. The van der Waals surface area contributed by atoms with Crippen LogP contribution in [-0.4, -0.2) is 35.6 Å². The van der Waals surface area contributed by atoms with Gasteiger partial charge in [0.25, 0.3) is 20.2 Å². The summed E-state index contributed by atoms with van der Waals surface area (Å²) in [6.07, 6.45) is 0. The molecule has 10 heteroatoms. The molecule has 1 unspecified atom stereocenters. The summed E-state index contributed by atoms with van der Waals surface area (Å²) in [5, 5.41) is 2.65. The zero-order valence-electron chi connectivity index (χ0n) is 22.3. The number of ether oxygens (including phenoxy) is 1. The topological polar surface area (TPSA) is 107 Å². The van der Waals surface area contributed by atoms with Gasteiger partial charge in [-0.3, -0.25) is 8.74 Å². The third-order valence-corrected chi connectivity index (χ3v) is 11.4. The van der Waals surface area contributed by atoms with Gasteiger partial charge in [-0.25, -0.2) is 0 Å². The van der Waals surface area contributed by atoms with Crippen molar-refractivity contribution in [3.63, 3.8) is 0 Å². The highest BCUT2D eigenvalue weighted by Gasteiger charge is 2.28. The van der Waals surface area contributed by atoms with Crippen LogP contribution in [0.2, 0.25) is 0 Å². The molecule has 1 N–H and O–H groups in total. The molecule has 1 atom stereocenters. The summed E-state index contributed by atoms with van der Waals surface area (Å²) in [6.45, 7) is 11.6. The van der Waals surface area contributed by atoms with Crippen LogP contribution >= 0.6 is 7.92 Å². The van der Waals surface area contributed by atoms with Gasteiger partial charge in [0.15, 0.2) is 0 Å². The molecule has 0 aliphatic rings. The van der Waals surface area contributed by atoms with Crippen LogP contribution in [0, 0.1) is 41.5 Å². The van der Waals surface area contributed by atoms with Gasteiger partial charge in [0.05, 0.1) is 19.1 Å². The van der Waals surface area contributed by atoms with E-state index in [9.17, 15) is 21.4 Å².